The minimum Gasteiger partial charge on any atom is -0.234 e. The average Bonchev–Trinajstić information content (AvgIpc) is 2.66. The van der Waals surface area contributed by atoms with Gasteiger partial charge in [0.25, 0.3) is 0 Å². The molecule has 1 aromatic heterocycles. The summed E-state index contributed by atoms with van der Waals surface area (Å²) in [6.45, 7) is 0. The number of para-hydroxylation sites is 1. The number of halogens is 2. The second-order valence-electron chi connectivity index (χ2n) is 2.82. The molecule has 2 rings (SSSR count). The minimum absolute atomic E-state index is 0.265. The molecule has 1 aromatic carbocycles. The van der Waals surface area contributed by atoms with Gasteiger partial charge < -0.3 is 0 Å². The molecule has 0 aliphatic carbocycles. The van der Waals surface area contributed by atoms with Crippen LogP contribution >= 0.6 is 15.9 Å². The number of rotatable bonds is 2. The number of aromatic nitrogens is 2. The van der Waals surface area contributed by atoms with Gasteiger partial charge in [0.05, 0.1) is 5.69 Å². The van der Waals surface area contributed by atoms with Gasteiger partial charge in [-0.15, -0.1) is 0 Å². The number of hydrogen-bond acceptors (Lipinski definition) is 1. The van der Waals surface area contributed by atoms with Crippen LogP contribution in [0.3, 0.4) is 0 Å². The molecule has 1 heterocycles. The zero-order valence-electron chi connectivity index (χ0n) is 7.32. The lowest BCUT2D eigenvalue weighted by atomic mass is 10.3. The maximum atomic E-state index is 13.4. The van der Waals surface area contributed by atoms with Crippen molar-refractivity contribution in [1.29, 1.82) is 0 Å². The molecule has 2 nitrogen and oxygen atoms in total. The van der Waals surface area contributed by atoms with Crippen LogP contribution in [-0.2, 0) is 5.33 Å². The highest BCUT2D eigenvalue weighted by Crippen LogP contribution is 2.15. The van der Waals surface area contributed by atoms with E-state index in [1.54, 1.807) is 29.1 Å². The maximum Gasteiger partial charge on any atom is 0.148 e. The molecule has 0 amide bonds. The quantitative estimate of drug-likeness (QED) is 0.754. The van der Waals surface area contributed by atoms with Crippen molar-refractivity contribution in [3.8, 4) is 5.69 Å². The van der Waals surface area contributed by atoms with E-state index in [0.29, 0.717) is 11.0 Å². The van der Waals surface area contributed by atoms with Crippen LogP contribution in [0.5, 0.6) is 0 Å². The Labute approximate surface area is 89.5 Å². The molecule has 2 aromatic rings. The van der Waals surface area contributed by atoms with Gasteiger partial charge in [0.1, 0.15) is 11.5 Å². The van der Waals surface area contributed by atoms with Crippen molar-refractivity contribution < 1.29 is 4.39 Å². The summed E-state index contributed by atoms with van der Waals surface area (Å²) in [6.07, 6.45) is 1.66. The predicted molar refractivity (Wildman–Crippen MR) is 56.2 cm³/mol. The largest absolute Gasteiger partial charge is 0.234 e. The van der Waals surface area contributed by atoms with Crippen molar-refractivity contribution >= 4 is 15.9 Å². The molecule has 0 fully saturated rings. The zero-order chi connectivity index (χ0) is 9.97. The third-order valence-corrected chi connectivity index (χ3v) is 2.51. The van der Waals surface area contributed by atoms with Gasteiger partial charge in [-0.3, -0.25) is 0 Å². The van der Waals surface area contributed by atoms with Crippen LogP contribution in [0.2, 0.25) is 0 Å². The Hall–Kier alpha value is -1.16. The molecule has 0 radical (unpaired) electrons. The molecule has 0 bridgehead atoms. The fraction of sp³-hybridized carbons (Fsp3) is 0.100. The lowest BCUT2D eigenvalue weighted by molar-refractivity contribution is 0.608. The maximum absolute atomic E-state index is 13.4. The Kier molecular flexibility index (Phi) is 2.63. The molecule has 0 saturated heterocycles. The van der Waals surface area contributed by atoms with E-state index >= 15 is 0 Å². The van der Waals surface area contributed by atoms with E-state index < -0.39 is 0 Å². The predicted octanol–water partition coefficient (Wildman–Crippen LogP) is 2.91. The second-order valence-corrected chi connectivity index (χ2v) is 3.38. The van der Waals surface area contributed by atoms with Crippen LogP contribution in [0.25, 0.3) is 5.69 Å². The smallest absolute Gasteiger partial charge is 0.148 e. The average molecular weight is 255 g/mol. The first-order valence-corrected chi connectivity index (χ1v) is 5.29. The monoisotopic (exact) mass is 254 g/mol. The second kappa shape index (κ2) is 3.92. The van der Waals surface area contributed by atoms with Crippen molar-refractivity contribution in [2.75, 3.05) is 0 Å². The van der Waals surface area contributed by atoms with Crippen molar-refractivity contribution in [2.45, 2.75) is 5.33 Å². The summed E-state index contributed by atoms with van der Waals surface area (Å²) in [5.74, 6) is -0.265. The van der Waals surface area contributed by atoms with Gasteiger partial charge in [-0.25, -0.2) is 9.07 Å². The third kappa shape index (κ3) is 1.57. The molecular weight excluding hydrogens is 247 g/mol. The minimum atomic E-state index is -0.265. The first-order chi connectivity index (χ1) is 6.83. The summed E-state index contributed by atoms with van der Waals surface area (Å²) < 4.78 is 15.0. The molecule has 0 N–H and O–H groups in total. The SMILES string of the molecule is Fc1ccccc1-n1nccc1CBr. The van der Waals surface area contributed by atoms with E-state index in [1.165, 1.54) is 6.07 Å². The number of benzene rings is 1. The van der Waals surface area contributed by atoms with Gasteiger partial charge in [0.2, 0.25) is 0 Å². The van der Waals surface area contributed by atoms with Gasteiger partial charge in [-0.2, -0.15) is 5.10 Å². The lowest BCUT2D eigenvalue weighted by Gasteiger charge is -2.05. The van der Waals surface area contributed by atoms with E-state index in [0.717, 1.165) is 5.69 Å². The molecule has 0 unspecified atom stereocenters. The molecule has 0 spiro atoms. The van der Waals surface area contributed by atoms with Crippen molar-refractivity contribution in [3.05, 3.63) is 48.0 Å². The van der Waals surface area contributed by atoms with Crippen LogP contribution in [0, 0.1) is 5.82 Å². The molecule has 0 saturated carbocycles. The first kappa shape index (κ1) is 9.40. The molecule has 4 heteroatoms. The van der Waals surface area contributed by atoms with Crippen molar-refractivity contribution in [2.24, 2.45) is 0 Å². The van der Waals surface area contributed by atoms with Crippen molar-refractivity contribution in [3.63, 3.8) is 0 Å². The summed E-state index contributed by atoms with van der Waals surface area (Å²) in [6, 6.07) is 8.43. The van der Waals surface area contributed by atoms with Crippen LogP contribution in [0.4, 0.5) is 4.39 Å². The van der Waals surface area contributed by atoms with E-state index in [2.05, 4.69) is 21.0 Å². The highest BCUT2D eigenvalue weighted by molar-refractivity contribution is 9.08. The normalized spacial score (nSPS) is 10.4. The third-order valence-electron chi connectivity index (χ3n) is 1.94. The van der Waals surface area contributed by atoms with Crippen LogP contribution in [-0.4, -0.2) is 9.78 Å². The molecule has 72 valence electrons. The summed E-state index contributed by atoms with van der Waals surface area (Å²) in [5.41, 5.74) is 1.40. The Morgan fingerprint density at radius 1 is 1.29 bits per heavy atom. The van der Waals surface area contributed by atoms with Crippen LogP contribution in [0.1, 0.15) is 5.69 Å². The van der Waals surface area contributed by atoms with Crippen LogP contribution < -0.4 is 0 Å². The number of hydrogen-bond donors (Lipinski definition) is 0. The van der Waals surface area contributed by atoms with Gasteiger partial charge in [-0.1, -0.05) is 28.1 Å². The highest BCUT2D eigenvalue weighted by atomic mass is 79.9. The molecule has 14 heavy (non-hydrogen) atoms. The van der Waals surface area contributed by atoms with E-state index in [1.807, 2.05) is 6.07 Å². The van der Waals surface area contributed by atoms with Crippen LogP contribution in [0.15, 0.2) is 36.5 Å². The summed E-state index contributed by atoms with van der Waals surface area (Å²) in [5, 5.41) is 4.72. The Morgan fingerprint density at radius 3 is 2.79 bits per heavy atom. The standard InChI is InChI=1S/C10H8BrFN2/c11-7-8-5-6-13-14(8)10-4-2-1-3-9(10)12/h1-6H,7H2. The lowest BCUT2D eigenvalue weighted by Crippen LogP contribution is -2.02. The molecule has 0 aliphatic heterocycles. The fourth-order valence-electron chi connectivity index (χ4n) is 1.27. The molecule has 0 atom stereocenters. The Balaban J connectivity index is 2.54. The Morgan fingerprint density at radius 2 is 2.07 bits per heavy atom. The van der Waals surface area contributed by atoms with E-state index in [4.69, 9.17) is 0 Å². The van der Waals surface area contributed by atoms with Gasteiger partial charge >= 0.3 is 0 Å². The number of nitrogens with zero attached hydrogens (tertiary/aromatic N) is 2. The molecular formula is C10H8BrFN2. The van der Waals surface area contributed by atoms with E-state index in [9.17, 15) is 4.39 Å². The van der Waals surface area contributed by atoms with Gasteiger partial charge in [0.15, 0.2) is 0 Å². The molecule has 0 aliphatic rings. The first-order valence-electron chi connectivity index (χ1n) is 4.16. The fourth-order valence-corrected chi connectivity index (χ4v) is 1.70. The van der Waals surface area contributed by atoms with Gasteiger partial charge in [0, 0.05) is 11.5 Å². The number of alkyl halides is 1. The Bertz CT molecular complexity index is 439. The summed E-state index contributed by atoms with van der Waals surface area (Å²) in [4.78, 5) is 0. The summed E-state index contributed by atoms with van der Waals surface area (Å²) >= 11 is 3.33. The topological polar surface area (TPSA) is 17.8 Å². The van der Waals surface area contributed by atoms with Crippen molar-refractivity contribution in [1.82, 2.24) is 9.78 Å². The van der Waals surface area contributed by atoms with E-state index in [-0.39, 0.29) is 5.82 Å². The van der Waals surface area contributed by atoms with Gasteiger partial charge in [-0.05, 0) is 18.2 Å². The zero-order valence-corrected chi connectivity index (χ0v) is 8.91. The summed E-state index contributed by atoms with van der Waals surface area (Å²) in [7, 11) is 0. The highest BCUT2D eigenvalue weighted by Gasteiger charge is 2.07.